The first-order valence-corrected chi connectivity index (χ1v) is 7.60. The van der Waals surface area contributed by atoms with Gasteiger partial charge in [-0.3, -0.25) is 0 Å². The average Bonchev–Trinajstić information content (AvgIpc) is 2.34. The van der Waals surface area contributed by atoms with Crippen molar-refractivity contribution >= 4 is 5.97 Å². The molecule has 0 heterocycles. The molecule has 4 nitrogen and oxygen atoms in total. The lowest BCUT2D eigenvalue weighted by Gasteiger charge is -2.60. The Morgan fingerprint density at radius 1 is 1.25 bits per heavy atom. The maximum Gasteiger partial charge on any atom is 0.333 e. The Balaban J connectivity index is 1.79. The largest absolute Gasteiger partial charge is 0.456 e. The summed E-state index contributed by atoms with van der Waals surface area (Å²) < 4.78 is 11.8. The molecular formula is C16H24O4. The van der Waals surface area contributed by atoms with E-state index in [4.69, 9.17) is 14.6 Å². The van der Waals surface area contributed by atoms with Gasteiger partial charge in [-0.2, -0.15) is 0 Å². The van der Waals surface area contributed by atoms with Crippen LogP contribution in [0.25, 0.3) is 0 Å². The summed E-state index contributed by atoms with van der Waals surface area (Å²) in [5, 5.41) is 9.03. The van der Waals surface area contributed by atoms with Crippen LogP contribution in [0.4, 0.5) is 0 Å². The molecule has 0 radical (unpaired) electrons. The number of esters is 1. The van der Waals surface area contributed by atoms with E-state index in [0.717, 1.165) is 32.1 Å². The normalized spacial score (nSPS) is 41.7. The average molecular weight is 280 g/mol. The second-order valence-corrected chi connectivity index (χ2v) is 7.07. The fraction of sp³-hybridized carbons (Fsp3) is 0.812. The highest BCUT2D eigenvalue weighted by Crippen LogP contribution is 2.60. The van der Waals surface area contributed by atoms with E-state index in [-0.39, 0.29) is 23.8 Å². The third-order valence-electron chi connectivity index (χ3n) is 5.11. The first kappa shape index (κ1) is 14.1. The van der Waals surface area contributed by atoms with E-state index in [1.54, 1.807) is 6.92 Å². The SMILES string of the molecule is C=C(C)C(=O)OC12CC3C[C@H](CC(OCCO)(C3)C1)C2. The van der Waals surface area contributed by atoms with Crippen molar-refractivity contribution in [3.05, 3.63) is 12.2 Å². The van der Waals surface area contributed by atoms with E-state index in [1.165, 1.54) is 6.42 Å². The Morgan fingerprint density at radius 2 is 1.85 bits per heavy atom. The molecule has 4 saturated carbocycles. The van der Waals surface area contributed by atoms with Gasteiger partial charge in [-0.15, -0.1) is 0 Å². The maximum absolute atomic E-state index is 11.9. The van der Waals surface area contributed by atoms with Gasteiger partial charge in [0.25, 0.3) is 0 Å². The van der Waals surface area contributed by atoms with Gasteiger partial charge in [0.2, 0.25) is 0 Å². The zero-order valence-corrected chi connectivity index (χ0v) is 12.2. The van der Waals surface area contributed by atoms with Crippen molar-refractivity contribution in [2.24, 2.45) is 11.8 Å². The van der Waals surface area contributed by atoms with Crippen molar-refractivity contribution in [1.82, 2.24) is 0 Å². The quantitative estimate of drug-likeness (QED) is 0.619. The topological polar surface area (TPSA) is 55.8 Å². The Labute approximate surface area is 120 Å². The molecule has 4 rings (SSSR count). The molecule has 4 fully saturated rings. The van der Waals surface area contributed by atoms with Gasteiger partial charge in [-0.1, -0.05) is 6.58 Å². The summed E-state index contributed by atoms with van der Waals surface area (Å²) in [5.74, 6) is 0.907. The van der Waals surface area contributed by atoms with Gasteiger partial charge in [0.05, 0.1) is 18.8 Å². The number of hydrogen-bond acceptors (Lipinski definition) is 4. The molecule has 0 aromatic carbocycles. The van der Waals surface area contributed by atoms with Crippen LogP contribution < -0.4 is 0 Å². The molecule has 4 aliphatic carbocycles. The fourth-order valence-electron chi connectivity index (χ4n) is 4.93. The molecule has 0 amide bonds. The Bertz CT molecular complexity index is 414. The van der Waals surface area contributed by atoms with Gasteiger partial charge in [0.1, 0.15) is 5.60 Å². The smallest absolute Gasteiger partial charge is 0.333 e. The molecule has 4 heteroatoms. The summed E-state index contributed by atoms with van der Waals surface area (Å²) in [6.45, 7) is 5.81. The van der Waals surface area contributed by atoms with E-state index in [0.29, 0.717) is 24.0 Å². The van der Waals surface area contributed by atoms with Crippen LogP contribution in [0.15, 0.2) is 12.2 Å². The Kier molecular flexibility index (Phi) is 3.41. The van der Waals surface area contributed by atoms with Crippen LogP contribution in [0.1, 0.15) is 45.4 Å². The highest BCUT2D eigenvalue weighted by atomic mass is 16.6. The van der Waals surface area contributed by atoms with E-state index >= 15 is 0 Å². The predicted molar refractivity (Wildman–Crippen MR) is 74.1 cm³/mol. The molecule has 0 aliphatic heterocycles. The Hall–Kier alpha value is -0.870. The van der Waals surface area contributed by atoms with Gasteiger partial charge >= 0.3 is 5.97 Å². The van der Waals surface area contributed by atoms with Gasteiger partial charge in [-0.25, -0.2) is 4.79 Å². The highest BCUT2D eigenvalue weighted by molar-refractivity contribution is 5.87. The van der Waals surface area contributed by atoms with E-state index in [1.807, 2.05) is 0 Å². The highest BCUT2D eigenvalue weighted by Gasteiger charge is 2.60. The van der Waals surface area contributed by atoms with Crippen molar-refractivity contribution < 1.29 is 19.4 Å². The molecule has 20 heavy (non-hydrogen) atoms. The van der Waals surface area contributed by atoms with Crippen LogP contribution in [0.3, 0.4) is 0 Å². The van der Waals surface area contributed by atoms with Crippen molar-refractivity contribution in [3.8, 4) is 0 Å². The lowest BCUT2D eigenvalue weighted by molar-refractivity contribution is -0.233. The summed E-state index contributed by atoms with van der Waals surface area (Å²) in [4.78, 5) is 11.9. The molecular weight excluding hydrogens is 256 g/mol. The zero-order valence-electron chi connectivity index (χ0n) is 12.2. The van der Waals surface area contributed by atoms with Gasteiger partial charge in [0, 0.05) is 12.0 Å². The third kappa shape index (κ3) is 2.40. The number of aliphatic hydroxyl groups is 1. The molecule has 4 bridgehead atoms. The molecule has 0 aromatic rings. The second-order valence-electron chi connectivity index (χ2n) is 7.07. The number of hydrogen-bond donors (Lipinski definition) is 1. The van der Waals surface area contributed by atoms with E-state index < -0.39 is 0 Å². The third-order valence-corrected chi connectivity index (χ3v) is 5.11. The van der Waals surface area contributed by atoms with Gasteiger partial charge in [-0.05, 0) is 50.9 Å². The summed E-state index contributed by atoms with van der Waals surface area (Å²) in [6.07, 6.45) is 6.05. The number of carbonyl (C=O) groups excluding carboxylic acids is 1. The zero-order chi connectivity index (χ0) is 14.4. The second kappa shape index (κ2) is 4.85. The molecule has 1 N–H and O–H groups in total. The van der Waals surface area contributed by atoms with Crippen molar-refractivity contribution in [2.45, 2.75) is 56.7 Å². The summed E-state index contributed by atoms with van der Waals surface area (Å²) in [6, 6.07) is 0. The summed E-state index contributed by atoms with van der Waals surface area (Å²) in [7, 11) is 0. The Morgan fingerprint density at radius 3 is 2.40 bits per heavy atom. The molecule has 4 atom stereocenters. The molecule has 112 valence electrons. The lowest BCUT2D eigenvalue weighted by Crippen LogP contribution is -2.61. The van der Waals surface area contributed by atoms with Crippen LogP contribution in [-0.2, 0) is 14.3 Å². The summed E-state index contributed by atoms with van der Waals surface area (Å²) in [5.41, 5.74) is -0.0661. The number of aliphatic hydroxyl groups excluding tert-OH is 1. The van der Waals surface area contributed by atoms with E-state index in [9.17, 15) is 4.79 Å². The fourth-order valence-corrected chi connectivity index (χ4v) is 4.93. The van der Waals surface area contributed by atoms with Crippen LogP contribution in [0.2, 0.25) is 0 Å². The number of rotatable bonds is 5. The van der Waals surface area contributed by atoms with Crippen molar-refractivity contribution in [3.63, 3.8) is 0 Å². The van der Waals surface area contributed by atoms with Gasteiger partial charge in [0.15, 0.2) is 0 Å². The first-order valence-electron chi connectivity index (χ1n) is 7.60. The van der Waals surface area contributed by atoms with E-state index in [2.05, 4.69) is 6.58 Å². The molecule has 0 spiro atoms. The predicted octanol–water partition coefficient (Wildman–Crippen LogP) is 2.21. The molecule has 4 aliphatic rings. The minimum atomic E-state index is -0.352. The minimum absolute atomic E-state index is 0.0512. The molecule has 3 unspecified atom stereocenters. The van der Waals surface area contributed by atoms with Gasteiger partial charge < -0.3 is 14.6 Å². The van der Waals surface area contributed by atoms with Crippen LogP contribution >= 0.6 is 0 Å². The van der Waals surface area contributed by atoms with Crippen molar-refractivity contribution in [1.29, 1.82) is 0 Å². The van der Waals surface area contributed by atoms with Crippen LogP contribution in [0.5, 0.6) is 0 Å². The monoisotopic (exact) mass is 280 g/mol. The van der Waals surface area contributed by atoms with Crippen LogP contribution in [0, 0.1) is 11.8 Å². The first-order chi connectivity index (χ1) is 9.46. The van der Waals surface area contributed by atoms with Crippen LogP contribution in [-0.4, -0.2) is 35.5 Å². The maximum atomic E-state index is 11.9. The minimum Gasteiger partial charge on any atom is -0.456 e. The lowest BCUT2D eigenvalue weighted by atomic mass is 9.52. The number of carbonyl (C=O) groups is 1. The molecule has 0 saturated heterocycles. The summed E-state index contributed by atoms with van der Waals surface area (Å²) >= 11 is 0. The number of ether oxygens (including phenoxy) is 2. The van der Waals surface area contributed by atoms with Crippen molar-refractivity contribution in [2.75, 3.05) is 13.2 Å². The standard InChI is InChI=1S/C16H24O4/c1-11(2)14(18)20-16-8-12-5-13(9-16)7-15(6-12,10-16)19-4-3-17/h12-13,17H,1,3-10H2,2H3/t12-,13?,15?,16?/m1/s1. The molecule has 0 aromatic heterocycles.